The predicted molar refractivity (Wildman–Crippen MR) is 110 cm³/mol. The number of carbonyl (C=O) groups is 2. The highest BCUT2D eigenvalue weighted by Crippen LogP contribution is 2.58. The highest BCUT2D eigenvalue weighted by atomic mass is 35.5. The number of benzene rings is 1. The molecule has 2 saturated carbocycles. The molecule has 0 bridgehead atoms. The third-order valence-corrected chi connectivity index (χ3v) is 6.48. The first-order valence-electron chi connectivity index (χ1n) is 10.1. The molecule has 1 saturated heterocycles. The first kappa shape index (κ1) is 20.2. The van der Waals surface area contributed by atoms with Gasteiger partial charge in [0.2, 0.25) is 11.8 Å². The van der Waals surface area contributed by atoms with Gasteiger partial charge >= 0.3 is 0 Å². The van der Waals surface area contributed by atoms with Gasteiger partial charge in [0.05, 0.1) is 0 Å². The van der Waals surface area contributed by atoms with Crippen LogP contribution in [0, 0.1) is 17.3 Å². The Balaban J connectivity index is 0.00000210. The second-order valence-electron chi connectivity index (χ2n) is 8.26. The van der Waals surface area contributed by atoms with Gasteiger partial charge in [-0.3, -0.25) is 9.59 Å². The van der Waals surface area contributed by atoms with Crippen molar-refractivity contribution in [2.75, 3.05) is 23.7 Å². The van der Waals surface area contributed by atoms with E-state index < -0.39 is 0 Å². The van der Waals surface area contributed by atoms with Crippen LogP contribution in [0.25, 0.3) is 0 Å². The molecule has 148 valence electrons. The molecule has 4 rings (SSSR count). The van der Waals surface area contributed by atoms with Gasteiger partial charge in [-0.25, -0.2) is 0 Å². The smallest absolute Gasteiger partial charge is 0.228 e. The zero-order valence-electron chi connectivity index (χ0n) is 15.8. The molecule has 6 heteroatoms. The van der Waals surface area contributed by atoms with Crippen LogP contribution in [-0.2, 0) is 9.59 Å². The minimum Gasteiger partial charge on any atom is -0.326 e. The molecule has 2 amide bonds. The first-order valence-corrected chi connectivity index (χ1v) is 10.1. The highest BCUT2D eigenvalue weighted by Gasteiger charge is 2.57. The van der Waals surface area contributed by atoms with Crippen molar-refractivity contribution < 1.29 is 9.59 Å². The van der Waals surface area contributed by atoms with Gasteiger partial charge in [0.1, 0.15) is 0 Å². The van der Waals surface area contributed by atoms with Crippen molar-refractivity contribution in [3.8, 4) is 0 Å². The maximum Gasteiger partial charge on any atom is 0.228 e. The molecule has 1 unspecified atom stereocenters. The fourth-order valence-electron chi connectivity index (χ4n) is 4.71. The maximum atomic E-state index is 12.6. The molecule has 27 heavy (non-hydrogen) atoms. The lowest BCUT2D eigenvalue weighted by Crippen LogP contribution is -2.31. The highest BCUT2D eigenvalue weighted by molar-refractivity contribution is 5.97. The van der Waals surface area contributed by atoms with Gasteiger partial charge in [0.15, 0.2) is 0 Å². The van der Waals surface area contributed by atoms with E-state index in [1.165, 1.54) is 6.42 Å². The fraction of sp³-hybridized carbons (Fsp3) is 0.619. The Bertz CT molecular complexity index is 682. The quantitative estimate of drug-likeness (QED) is 0.727. The average molecular weight is 392 g/mol. The lowest BCUT2D eigenvalue weighted by Gasteiger charge is -2.23. The van der Waals surface area contributed by atoms with Crippen LogP contribution in [0.5, 0.6) is 0 Å². The van der Waals surface area contributed by atoms with E-state index in [0.717, 1.165) is 69.4 Å². The molecule has 0 radical (unpaired) electrons. The molecular formula is C21H30ClN3O2. The molecule has 1 atom stereocenters. The molecule has 1 spiro atoms. The zero-order valence-corrected chi connectivity index (χ0v) is 16.6. The van der Waals surface area contributed by atoms with Crippen molar-refractivity contribution in [1.82, 2.24) is 5.32 Å². The van der Waals surface area contributed by atoms with Gasteiger partial charge in [-0.1, -0.05) is 25.3 Å². The molecule has 3 fully saturated rings. The number of nitrogens with one attached hydrogen (secondary N) is 3. The molecule has 0 aromatic heterocycles. The van der Waals surface area contributed by atoms with Gasteiger partial charge in [-0.2, -0.15) is 0 Å². The number of hydrogen-bond acceptors (Lipinski definition) is 3. The maximum absolute atomic E-state index is 12.6. The lowest BCUT2D eigenvalue weighted by molar-refractivity contribution is -0.120. The number of halogens is 1. The van der Waals surface area contributed by atoms with E-state index in [9.17, 15) is 9.59 Å². The topological polar surface area (TPSA) is 70.2 Å². The molecule has 3 aliphatic rings. The van der Waals surface area contributed by atoms with Crippen LogP contribution in [0.4, 0.5) is 11.4 Å². The molecule has 1 heterocycles. The summed E-state index contributed by atoms with van der Waals surface area (Å²) in [6.45, 7) is 2.04. The Morgan fingerprint density at radius 3 is 2.26 bits per heavy atom. The van der Waals surface area contributed by atoms with Crippen molar-refractivity contribution >= 4 is 35.6 Å². The minimum atomic E-state index is 0. The summed E-state index contributed by atoms with van der Waals surface area (Å²) >= 11 is 0. The van der Waals surface area contributed by atoms with Crippen molar-refractivity contribution in [2.24, 2.45) is 17.3 Å². The number of piperidine rings is 1. The molecule has 3 N–H and O–H groups in total. The Morgan fingerprint density at radius 1 is 0.963 bits per heavy atom. The third kappa shape index (κ3) is 4.64. The van der Waals surface area contributed by atoms with Gasteiger partial charge in [0, 0.05) is 23.2 Å². The summed E-state index contributed by atoms with van der Waals surface area (Å²) in [6, 6.07) is 7.54. The van der Waals surface area contributed by atoms with Crippen LogP contribution in [0.3, 0.4) is 0 Å². The van der Waals surface area contributed by atoms with Gasteiger partial charge < -0.3 is 16.0 Å². The standard InChI is InChI=1S/C21H29N3O2.ClH/c25-19(15-5-2-1-3-6-15)23-16-7-4-8-17(13-16)24-20(26)18-14-21(18)9-11-22-12-10-21;/h4,7-8,13,15,18,22H,1-3,5-6,9-12,14H2,(H,23,25)(H,24,26);1H. The molecule has 1 aromatic carbocycles. The molecule has 2 aliphatic carbocycles. The minimum absolute atomic E-state index is 0. The van der Waals surface area contributed by atoms with Crippen molar-refractivity contribution in [3.05, 3.63) is 24.3 Å². The molecular weight excluding hydrogens is 362 g/mol. The summed E-state index contributed by atoms with van der Waals surface area (Å²) in [5.41, 5.74) is 1.78. The third-order valence-electron chi connectivity index (χ3n) is 6.48. The van der Waals surface area contributed by atoms with E-state index in [2.05, 4.69) is 16.0 Å². The van der Waals surface area contributed by atoms with Crippen molar-refractivity contribution in [3.63, 3.8) is 0 Å². The number of rotatable bonds is 4. The van der Waals surface area contributed by atoms with E-state index >= 15 is 0 Å². The van der Waals surface area contributed by atoms with Crippen LogP contribution < -0.4 is 16.0 Å². The largest absolute Gasteiger partial charge is 0.326 e. The molecule has 1 aromatic rings. The number of anilines is 2. The van der Waals surface area contributed by atoms with Gasteiger partial charge in [-0.15, -0.1) is 12.4 Å². The Morgan fingerprint density at radius 2 is 1.59 bits per heavy atom. The number of hydrogen-bond donors (Lipinski definition) is 3. The van der Waals surface area contributed by atoms with Crippen LogP contribution in [0.2, 0.25) is 0 Å². The summed E-state index contributed by atoms with van der Waals surface area (Å²) in [7, 11) is 0. The summed E-state index contributed by atoms with van der Waals surface area (Å²) in [5, 5.41) is 9.46. The SMILES string of the molecule is Cl.O=C(Nc1cccc(NC(=O)C2CC23CCNCC3)c1)C1CCCCC1. The molecule has 1 aliphatic heterocycles. The van der Waals surface area contributed by atoms with Gasteiger partial charge in [-0.05, 0) is 68.8 Å². The first-order chi connectivity index (χ1) is 12.7. The molecule has 5 nitrogen and oxygen atoms in total. The summed E-state index contributed by atoms with van der Waals surface area (Å²) in [5.74, 6) is 0.519. The van der Waals surface area contributed by atoms with Crippen molar-refractivity contribution in [2.45, 2.75) is 51.4 Å². The van der Waals surface area contributed by atoms with Gasteiger partial charge in [0.25, 0.3) is 0 Å². The number of carbonyl (C=O) groups excluding carboxylic acids is 2. The van der Waals surface area contributed by atoms with Crippen molar-refractivity contribution in [1.29, 1.82) is 0 Å². The number of amides is 2. The predicted octanol–water partition coefficient (Wildman–Crippen LogP) is 3.96. The normalized spacial score (nSPS) is 23.9. The summed E-state index contributed by atoms with van der Waals surface area (Å²) in [6.07, 6.45) is 8.72. The Kier molecular flexibility index (Phi) is 6.43. The van der Waals surface area contributed by atoms with Crippen LogP contribution in [0.15, 0.2) is 24.3 Å². The summed E-state index contributed by atoms with van der Waals surface area (Å²) in [4.78, 5) is 25.0. The average Bonchev–Trinajstić information content (AvgIpc) is 3.36. The van der Waals surface area contributed by atoms with Crippen LogP contribution in [0.1, 0.15) is 51.4 Å². The van der Waals surface area contributed by atoms with E-state index in [4.69, 9.17) is 0 Å². The van der Waals surface area contributed by atoms with E-state index in [0.29, 0.717) is 0 Å². The Labute approximate surface area is 167 Å². The second kappa shape index (κ2) is 8.61. The Hall–Kier alpha value is -1.59. The van der Waals surface area contributed by atoms with E-state index in [-0.39, 0.29) is 41.5 Å². The van der Waals surface area contributed by atoms with E-state index in [1.807, 2.05) is 24.3 Å². The monoisotopic (exact) mass is 391 g/mol. The fourth-order valence-corrected chi connectivity index (χ4v) is 4.71. The summed E-state index contributed by atoms with van der Waals surface area (Å²) < 4.78 is 0. The van der Waals surface area contributed by atoms with Crippen LogP contribution >= 0.6 is 12.4 Å². The lowest BCUT2D eigenvalue weighted by atomic mass is 9.88. The van der Waals surface area contributed by atoms with Crippen LogP contribution in [-0.4, -0.2) is 24.9 Å². The van der Waals surface area contributed by atoms with E-state index in [1.54, 1.807) is 0 Å². The second-order valence-corrected chi connectivity index (χ2v) is 8.26. The zero-order chi connectivity index (χ0) is 18.0.